The van der Waals surface area contributed by atoms with Gasteiger partial charge >= 0.3 is 0 Å². The van der Waals surface area contributed by atoms with Gasteiger partial charge in [-0.15, -0.1) is 5.10 Å². The zero-order chi connectivity index (χ0) is 23.0. The number of rotatable bonds is 7. The Hall–Kier alpha value is -3.47. The van der Waals surface area contributed by atoms with Crippen LogP contribution < -0.4 is 21.3 Å². The molecule has 5 N–H and O–H groups in total. The van der Waals surface area contributed by atoms with Gasteiger partial charge in [-0.3, -0.25) is 14.7 Å². The van der Waals surface area contributed by atoms with Crippen LogP contribution in [-0.4, -0.2) is 61.7 Å². The topological polar surface area (TPSA) is 146 Å². The van der Waals surface area contributed by atoms with Gasteiger partial charge in [-0.1, -0.05) is 0 Å². The minimum Gasteiger partial charge on any atom is -0.364 e. The molecule has 3 aromatic heterocycles. The monoisotopic (exact) mass is 451 g/mol. The standard InChI is InChI=1S/C22H29N9O2/c1-22(17(32)11-14-5-2-8-24-13-14)7-4-9-30(22)21-26-20(16-6-3-10-31(16)29-21)25-18-12-15(19(23)33)27-28-18/h3,6,10,12,14,24H,2,4-5,7-9,11,13H2,1H3,(H2,23,33)(H2,25,26,27,28,29)/t14?,22-/m0/s1. The molecule has 174 valence electrons. The quantitative estimate of drug-likeness (QED) is 0.424. The van der Waals surface area contributed by atoms with Crippen molar-refractivity contribution in [2.24, 2.45) is 11.7 Å². The number of H-pyrrole nitrogens is 1. The highest BCUT2D eigenvalue weighted by Crippen LogP contribution is 2.36. The van der Waals surface area contributed by atoms with E-state index in [0.29, 0.717) is 36.5 Å². The third-order valence-electron chi connectivity index (χ3n) is 6.83. The van der Waals surface area contributed by atoms with Crippen molar-refractivity contribution in [3.63, 3.8) is 0 Å². The highest BCUT2D eigenvalue weighted by atomic mass is 16.1. The summed E-state index contributed by atoms with van der Waals surface area (Å²) in [6.07, 6.45) is 6.30. The summed E-state index contributed by atoms with van der Waals surface area (Å²) in [4.78, 5) is 31.7. The number of nitrogens with one attached hydrogen (secondary N) is 3. The summed E-state index contributed by atoms with van der Waals surface area (Å²) in [5.74, 6) is 1.48. The fourth-order valence-electron chi connectivity index (χ4n) is 4.92. The molecule has 2 aliphatic heterocycles. The maximum Gasteiger partial charge on any atom is 0.266 e. The first kappa shape index (κ1) is 21.4. The molecule has 11 heteroatoms. The van der Waals surface area contributed by atoms with E-state index in [1.54, 1.807) is 4.52 Å². The van der Waals surface area contributed by atoms with Gasteiger partial charge in [0.25, 0.3) is 5.91 Å². The molecule has 0 aliphatic carbocycles. The zero-order valence-electron chi connectivity index (χ0n) is 18.7. The van der Waals surface area contributed by atoms with Crippen LogP contribution in [0.25, 0.3) is 5.52 Å². The smallest absolute Gasteiger partial charge is 0.266 e. The second-order valence-electron chi connectivity index (χ2n) is 9.12. The number of aromatic amines is 1. The number of fused-ring (bicyclic) bond motifs is 1. The highest BCUT2D eigenvalue weighted by Gasteiger charge is 2.45. The van der Waals surface area contributed by atoms with Gasteiger partial charge in [0.2, 0.25) is 5.95 Å². The molecule has 3 aromatic rings. The summed E-state index contributed by atoms with van der Waals surface area (Å²) in [7, 11) is 0. The number of ketones is 1. The van der Waals surface area contributed by atoms with E-state index in [4.69, 9.17) is 15.8 Å². The molecule has 2 saturated heterocycles. The Kier molecular flexibility index (Phi) is 5.49. The largest absolute Gasteiger partial charge is 0.364 e. The molecule has 0 radical (unpaired) electrons. The number of primary amides is 1. The van der Waals surface area contributed by atoms with Crippen molar-refractivity contribution in [1.29, 1.82) is 0 Å². The van der Waals surface area contributed by atoms with Crippen LogP contribution in [0.5, 0.6) is 0 Å². The van der Waals surface area contributed by atoms with Crippen molar-refractivity contribution in [3.8, 4) is 0 Å². The maximum atomic E-state index is 13.5. The molecule has 0 saturated carbocycles. The molecule has 1 amide bonds. The van der Waals surface area contributed by atoms with Crippen molar-refractivity contribution in [2.45, 2.75) is 44.6 Å². The summed E-state index contributed by atoms with van der Waals surface area (Å²) < 4.78 is 1.74. The van der Waals surface area contributed by atoms with E-state index in [-0.39, 0.29) is 11.5 Å². The van der Waals surface area contributed by atoms with E-state index >= 15 is 0 Å². The van der Waals surface area contributed by atoms with Crippen LogP contribution in [0, 0.1) is 5.92 Å². The number of aromatic nitrogens is 5. The molecule has 2 fully saturated rings. The van der Waals surface area contributed by atoms with Crippen molar-refractivity contribution < 1.29 is 9.59 Å². The number of hydrogen-bond acceptors (Lipinski definition) is 8. The lowest BCUT2D eigenvalue weighted by Gasteiger charge is -2.35. The van der Waals surface area contributed by atoms with Crippen LogP contribution in [0.3, 0.4) is 0 Å². The third kappa shape index (κ3) is 4.04. The number of carbonyl (C=O) groups is 2. The summed E-state index contributed by atoms with van der Waals surface area (Å²) in [5, 5.41) is 18.0. The average Bonchev–Trinajstić information content (AvgIpc) is 3.54. The van der Waals surface area contributed by atoms with Crippen molar-refractivity contribution >= 4 is 34.8 Å². The molecule has 0 aromatic carbocycles. The maximum absolute atomic E-state index is 13.5. The Morgan fingerprint density at radius 3 is 3.00 bits per heavy atom. The van der Waals surface area contributed by atoms with E-state index < -0.39 is 11.4 Å². The van der Waals surface area contributed by atoms with Gasteiger partial charge in [-0.2, -0.15) is 10.1 Å². The Bertz CT molecular complexity index is 1180. The molecule has 0 spiro atoms. The first-order valence-corrected chi connectivity index (χ1v) is 11.4. The number of hydrogen-bond donors (Lipinski definition) is 4. The van der Waals surface area contributed by atoms with Crippen LogP contribution in [0.2, 0.25) is 0 Å². The average molecular weight is 452 g/mol. The summed E-state index contributed by atoms with van der Waals surface area (Å²) in [6, 6.07) is 5.30. The first-order valence-electron chi connectivity index (χ1n) is 11.4. The number of piperidine rings is 1. The van der Waals surface area contributed by atoms with Crippen LogP contribution in [0.1, 0.15) is 49.5 Å². The summed E-state index contributed by atoms with van der Waals surface area (Å²) >= 11 is 0. The van der Waals surface area contributed by atoms with Gasteiger partial charge in [0.1, 0.15) is 11.2 Å². The number of anilines is 3. The van der Waals surface area contributed by atoms with Gasteiger partial charge in [0, 0.05) is 25.2 Å². The fraction of sp³-hybridized carbons (Fsp3) is 0.500. The molecule has 5 rings (SSSR count). The van der Waals surface area contributed by atoms with E-state index in [0.717, 1.165) is 44.3 Å². The normalized spacial score (nSPS) is 23.2. The van der Waals surface area contributed by atoms with E-state index in [9.17, 15) is 9.59 Å². The predicted molar refractivity (Wildman–Crippen MR) is 124 cm³/mol. The van der Waals surface area contributed by atoms with Crippen LogP contribution >= 0.6 is 0 Å². The highest BCUT2D eigenvalue weighted by molar-refractivity contribution is 5.92. The van der Waals surface area contributed by atoms with Crippen LogP contribution in [0.4, 0.5) is 17.6 Å². The first-order chi connectivity index (χ1) is 15.9. The van der Waals surface area contributed by atoms with Crippen LogP contribution in [0.15, 0.2) is 24.4 Å². The predicted octanol–water partition coefficient (Wildman–Crippen LogP) is 1.61. The second-order valence-corrected chi connectivity index (χ2v) is 9.12. The molecule has 11 nitrogen and oxygen atoms in total. The lowest BCUT2D eigenvalue weighted by atomic mass is 9.84. The molecule has 0 bridgehead atoms. The Balaban J connectivity index is 1.44. The molecule has 1 unspecified atom stereocenters. The van der Waals surface area contributed by atoms with Crippen molar-refractivity contribution in [2.75, 3.05) is 29.9 Å². The molecule has 2 atom stereocenters. The Morgan fingerprint density at radius 1 is 1.36 bits per heavy atom. The summed E-state index contributed by atoms with van der Waals surface area (Å²) in [5.41, 5.74) is 5.63. The van der Waals surface area contributed by atoms with Gasteiger partial charge < -0.3 is 21.3 Å². The third-order valence-corrected chi connectivity index (χ3v) is 6.83. The lowest BCUT2D eigenvalue weighted by Crippen LogP contribution is -2.50. The van der Waals surface area contributed by atoms with Crippen molar-refractivity contribution in [1.82, 2.24) is 30.1 Å². The van der Waals surface area contributed by atoms with Crippen molar-refractivity contribution in [3.05, 3.63) is 30.1 Å². The van der Waals surface area contributed by atoms with E-state index in [1.807, 2.05) is 30.2 Å². The number of nitrogens with zero attached hydrogens (tertiary/aromatic N) is 5. The number of Topliss-reactive ketones (excluding diaryl/α,β-unsaturated/α-hetero) is 1. The Morgan fingerprint density at radius 2 is 2.24 bits per heavy atom. The van der Waals surface area contributed by atoms with Gasteiger partial charge in [0.15, 0.2) is 17.4 Å². The minimum atomic E-state index is -0.638. The van der Waals surface area contributed by atoms with E-state index in [2.05, 4.69) is 20.8 Å². The SMILES string of the molecule is C[C@@]1(C(=O)CC2CCCNC2)CCCN1c1nc(Nc2cc(C(N)=O)[nH]n2)c2cccn2n1. The van der Waals surface area contributed by atoms with Gasteiger partial charge in [-0.25, -0.2) is 4.52 Å². The van der Waals surface area contributed by atoms with Crippen LogP contribution in [-0.2, 0) is 4.79 Å². The number of amides is 1. The molecule has 2 aliphatic rings. The second kappa shape index (κ2) is 8.47. The molecular formula is C22H29N9O2. The molecule has 33 heavy (non-hydrogen) atoms. The van der Waals surface area contributed by atoms with Gasteiger partial charge in [-0.05, 0) is 63.7 Å². The number of nitrogens with two attached hydrogens (primary N) is 1. The minimum absolute atomic E-state index is 0.202. The molecular weight excluding hydrogens is 422 g/mol. The van der Waals surface area contributed by atoms with Gasteiger partial charge in [0.05, 0.1) is 5.54 Å². The lowest BCUT2D eigenvalue weighted by molar-refractivity contribution is -0.124. The zero-order valence-corrected chi connectivity index (χ0v) is 18.7. The molecule has 5 heterocycles. The number of carbonyl (C=O) groups excluding carboxylic acids is 2. The summed E-state index contributed by atoms with van der Waals surface area (Å²) in [6.45, 7) is 4.66. The Labute approximate surface area is 191 Å². The fourth-order valence-corrected chi connectivity index (χ4v) is 4.92. The van der Waals surface area contributed by atoms with E-state index in [1.165, 1.54) is 6.07 Å².